The lowest BCUT2D eigenvalue weighted by molar-refractivity contribution is -0.114. The van der Waals surface area contributed by atoms with Crippen LogP contribution in [0.3, 0.4) is 0 Å². The third-order valence-corrected chi connectivity index (χ3v) is 5.30. The van der Waals surface area contributed by atoms with Gasteiger partial charge in [0.25, 0.3) is 0 Å². The average molecular weight is 297 g/mol. The summed E-state index contributed by atoms with van der Waals surface area (Å²) in [5.41, 5.74) is 6.44. The molecule has 1 saturated heterocycles. The number of hydrogen-bond acceptors (Lipinski definition) is 4. The highest BCUT2D eigenvalue weighted by molar-refractivity contribution is 7.89. The fraction of sp³-hybridized carbons (Fsp3) is 0.462. The molecule has 1 aromatic rings. The number of nitrogens with one attached hydrogen (secondary N) is 1. The number of anilines is 1. The summed E-state index contributed by atoms with van der Waals surface area (Å²) in [5.74, 6) is -0.0385. The molecule has 110 valence electrons. The second-order valence-electron chi connectivity index (χ2n) is 5.17. The minimum absolute atomic E-state index is 0.122. The lowest BCUT2D eigenvalue weighted by Gasteiger charge is -2.16. The normalized spacial score (nSPS) is 23.8. The Kier molecular flexibility index (Phi) is 4.12. The Morgan fingerprint density at radius 1 is 1.30 bits per heavy atom. The minimum Gasteiger partial charge on any atom is -0.326 e. The van der Waals surface area contributed by atoms with Gasteiger partial charge in [-0.1, -0.05) is 6.92 Å². The van der Waals surface area contributed by atoms with Crippen LogP contribution < -0.4 is 11.1 Å². The van der Waals surface area contributed by atoms with Crippen LogP contribution in [-0.4, -0.2) is 37.8 Å². The third kappa shape index (κ3) is 3.00. The van der Waals surface area contributed by atoms with Crippen LogP contribution >= 0.6 is 0 Å². The highest BCUT2D eigenvalue weighted by Crippen LogP contribution is 2.24. The lowest BCUT2D eigenvalue weighted by Crippen LogP contribution is -2.32. The first-order valence-corrected chi connectivity index (χ1v) is 7.88. The van der Waals surface area contributed by atoms with Crippen molar-refractivity contribution >= 4 is 21.6 Å². The van der Waals surface area contributed by atoms with Gasteiger partial charge in [0.05, 0.1) is 4.90 Å². The molecular formula is C13H19N3O3S. The monoisotopic (exact) mass is 297 g/mol. The number of carbonyl (C=O) groups is 1. The highest BCUT2D eigenvalue weighted by Gasteiger charge is 2.35. The molecule has 2 rings (SSSR count). The molecule has 1 aliphatic rings. The van der Waals surface area contributed by atoms with Crippen molar-refractivity contribution in [2.45, 2.75) is 24.8 Å². The van der Waals surface area contributed by atoms with Gasteiger partial charge in [-0.15, -0.1) is 0 Å². The van der Waals surface area contributed by atoms with Crippen LogP contribution in [0.4, 0.5) is 5.69 Å². The summed E-state index contributed by atoms with van der Waals surface area (Å²) < 4.78 is 26.3. The number of sulfonamides is 1. The first kappa shape index (κ1) is 15.0. The molecule has 20 heavy (non-hydrogen) atoms. The van der Waals surface area contributed by atoms with E-state index in [0.29, 0.717) is 18.8 Å². The lowest BCUT2D eigenvalue weighted by atomic mass is 10.1. The fourth-order valence-electron chi connectivity index (χ4n) is 2.21. The summed E-state index contributed by atoms with van der Waals surface area (Å²) >= 11 is 0. The van der Waals surface area contributed by atoms with E-state index in [1.54, 1.807) is 12.1 Å². The molecular weight excluding hydrogens is 278 g/mol. The minimum atomic E-state index is -3.51. The van der Waals surface area contributed by atoms with Gasteiger partial charge in [-0.05, 0) is 30.2 Å². The zero-order chi connectivity index (χ0) is 14.9. The largest absolute Gasteiger partial charge is 0.326 e. The Morgan fingerprint density at radius 2 is 1.90 bits per heavy atom. The van der Waals surface area contributed by atoms with E-state index in [0.717, 1.165) is 0 Å². The number of nitrogens with two attached hydrogens (primary N) is 1. The molecule has 7 heteroatoms. The van der Waals surface area contributed by atoms with Gasteiger partial charge in [-0.2, -0.15) is 4.31 Å². The van der Waals surface area contributed by atoms with Gasteiger partial charge in [0.2, 0.25) is 15.9 Å². The van der Waals surface area contributed by atoms with Gasteiger partial charge >= 0.3 is 0 Å². The molecule has 0 aromatic heterocycles. The van der Waals surface area contributed by atoms with E-state index in [1.165, 1.54) is 23.4 Å². The fourth-order valence-corrected chi connectivity index (χ4v) is 3.78. The van der Waals surface area contributed by atoms with Crippen molar-refractivity contribution in [2.24, 2.45) is 11.7 Å². The molecule has 0 aliphatic carbocycles. The molecule has 1 heterocycles. The maximum absolute atomic E-state index is 12.4. The van der Waals surface area contributed by atoms with E-state index < -0.39 is 10.0 Å². The van der Waals surface area contributed by atoms with Gasteiger partial charge in [0.1, 0.15) is 0 Å². The predicted molar refractivity (Wildman–Crippen MR) is 76.6 cm³/mol. The summed E-state index contributed by atoms with van der Waals surface area (Å²) in [6.45, 7) is 4.13. The zero-order valence-corrected chi connectivity index (χ0v) is 12.4. The smallest absolute Gasteiger partial charge is 0.243 e. The van der Waals surface area contributed by atoms with Crippen LogP contribution in [0.1, 0.15) is 13.8 Å². The zero-order valence-electron chi connectivity index (χ0n) is 11.5. The maximum atomic E-state index is 12.4. The molecule has 2 unspecified atom stereocenters. The Bertz CT molecular complexity index is 588. The molecule has 1 aliphatic heterocycles. The summed E-state index contributed by atoms with van der Waals surface area (Å²) in [6.07, 6.45) is 0. The van der Waals surface area contributed by atoms with Crippen molar-refractivity contribution in [3.8, 4) is 0 Å². The van der Waals surface area contributed by atoms with Crippen LogP contribution in [0.5, 0.6) is 0 Å². The van der Waals surface area contributed by atoms with Gasteiger partial charge in [-0.25, -0.2) is 8.42 Å². The SMILES string of the molecule is CC(=O)Nc1ccc(S(=O)(=O)N2CC(C)C(N)C2)cc1. The Labute approximate surface area is 119 Å². The van der Waals surface area contributed by atoms with Crippen LogP contribution in [0.2, 0.25) is 0 Å². The summed E-state index contributed by atoms with van der Waals surface area (Å²) in [5, 5.41) is 2.60. The van der Waals surface area contributed by atoms with E-state index in [9.17, 15) is 13.2 Å². The number of benzene rings is 1. The molecule has 1 fully saturated rings. The second-order valence-corrected chi connectivity index (χ2v) is 7.11. The summed E-state index contributed by atoms with van der Waals surface area (Å²) in [7, 11) is -3.51. The predicted octanol–water partition coefficient (Wildman–Crippen LogP) is 0.613. The van der Waals surface area contributed by atoms with Crippen molar-refractivity contribution in [1.29, 1.82) is 0 Å². The molecule has 6 nitrogen and oxygen atoms in total. The number of nitrogens with zero attached hydrogens (tertiary/aromatic N) is 1. The van der Waals surface area contributed by atoms with Crippen LogP contribution in [0.25, 0.3) is 0 Å². The highest BCUT2D eigenvalue weighted by atomic mass is 32.2. The molecule has 0 saturated carbocycles. The van der Waals surface area contributed by atoms with E-state index >= 15 is 0 Å². The van der Waals surface area contributed by atoms with Crippen molar-refractivity contribution in [3.63, 3.8) is 0 Å². The first-order valence-electron chi connectivity index (χ1n) is 6.44. The van der Waals surface area contributed by atoms with Gasteiger partial charge in [-0.3, -0.25) is 4.79 Å². The van der Waals surface area contributed by atoms with E-state index in [1.807, 2.05) is 6.92 Å². The summed E-state index contributed by atoms with van der Waals surface area (Å²) in [4.78, 5) is 11.1. The quantitative estimate of drug-likeness (QED) is 0.855. The topological polar surface area (TPSA) is 92.5 Å². The molecule has 0 spiro atoms. The van der Waals surface area contributed by atoms with Crippen molar-refractivity contribution < 1.29 is 13.2 Å². The molecule has 2 atom stereocenters. The first-order chi connectivity index (χ1) is 9.30. The standard InChI is InChI=1S/C13H19N3O3S/c1-9-7-16(8-13(9)14)20(18,19)12-5-3-11(4-6-12)15-10(2)17/h3-6,9,13H,7-8,14H2,1-2H3,(H,15,17). The van der Waals surface area contributed by atoms with Crippen LogP contribution in [0, 0.1) is 5.92 Å². The van der Waals surface area contributed by atoms with E-state index in [2.05, 4.69) is 5.32 Å². The van der Waals surface area contributed by atoms with E-state index in [4.69, 9.17) is 5.73 Å². The molecule has 1 aromatic carbocycles. The molecule has 0 bridgehead atoms. The van der Waals surface area contributed by atoms with Gasteiger partial charge in [0.15, 0.2) is 0 Å². The molecule has 3 N–H and O–H groups in total. The summed E-state index contributed by atoms with van der Waals surface area (Å²) in [6, 6.07) is 6.02. The average Bonchev–Trinajstić information content (AvgIpc) is 2.70. The second kappa shape index (κ2) is 5.51. The Morgan fingerprint density at radius 3 is 2.35 bits per heavy atom. The number of rotatable bonds is 3. The van der Waals surface area contributed by atoms with Crippen LogP contribution in [-0.2, 0) is 14.8 Å². The molecule has 1 amide bonds. The van der Waals surface area contributed by atoms with Crippen molar-refractivity contribution in [2.75, 3.05) is 18.4 Å². The maximum Gasteiger partial charge on any atom is 0.243 e. The third-order valence-electron chi connectivity index (χ3n) is 3.45. The van der Waals surface area contributed by atoms with Crippen LogP contribution in [0.15, 0.2) is 29.2 Å². The number of carbonyl (C=O) groups excluding carboxylic acids is 1. The van der Waals surface area contributed by atoms with E-state index in [-0.39, 0.29) is 22.8 Å². The van der Waals surface area contributed by atoms with Gasteiger partial charge < -0.3 is 11.1 Å². The number of amides is 1. The molecule has 0 radical (unpaired) electrons. The van der Waals surface area contributed by atoms with Crippen molar-refractivity contribution in [3.05, 3.63) is 24.3 Å². The van der Waals surface area contributed by atoms with Crippen molar-refractivity contribution in [1.82, 2.24) is 4.31 Å². The Balaban J connectivity index is 2.20. The Hall–Kier alpha value is -1.44. The number of hydrogen-bond donors (Lipinski definition) is 2. The van der Waals surface area contributed by atoms with Gasteiger partial charge in [0, 0.05) is 31.7 Å².